The molecule has 3 heterocycles. The van der Waals surface area contributed by atoms with E-state index in [1.807, 2.05) is 16.7 Å². The van der Waals surface area contributed by atoms with Crippen LogP contribution in [-0.2, 0) is 4.79 Å². The molecule has 2 saturated carbocycles. The first kappa shape index (κ1) is 17.3. The van der Waals surface area contributed by atoms with Gasteiger partial charge in [-0.3, -0.25) is 4.79 Å². The molecule has 5 rings (SSSR count). The number of carbonyl (C=O) groups excluding carboxylic acids is 1. The number of aromatic nitrogens is 3. The number of amides is 1. The van der Waals surface area contributed by atoms with Gasteiger partial charge in [-0.15, -0.1) is 0 Å². The van der Waals surface area contributed by atoms with E-state index in [4.69, 9.17) is 4.98 Å². The quantitative estimate of drug-likeness (QED) is 0.645. The monoisotopic (exact) mass is 378 g/mol. The van der Waals surface area contributed by atoms with Crippen LogP contribution in [0.5, 0.6) is 0 Å². The first-order chi connectivity index (χ1) is 13.6. The summed E-state index contributed by atoms with van der Waals surface area (Å²) in [6.07, 6.45) is 9.35. The second-order valence-electron chi connectivity index (χ2n) is 8.36. The summed E-state index contributed by atoms with van der Waals surface area (Å²) in [4.78, 5) is 16.9. The van der Waals surface area contributed by atoms with E-state index in [0.29, 0.717) is 18.0 Å². The van der Waals surface area contributed by atoms with Gasteiger partial charge in [0, 0.05) is 41.9 Å². The van der Waals surface area contributed by atoms with E-state index in [0.717, 1.165) is 46.9 Å². The lowest BCUT2D eigenvalue weighted by atomic mass is 10.1. The summed E-state index contributed by atoms with van der Waals surface area (Å²) in [6.45, 7) is 7.02. The predicted octanol–water partition coefficient (Wildman–Crippen LogP) is 3.18. The molecule has 7 heteroatoms. The molecule has 3 fully saturated rings. The van der Waals surface area contributed by atoms with Gasteiger partial charge < -0.3 is 16.0 Å². The number of nitrogens with one attached hydrogen (secondary N) is 3. The number of fused-ring (bicyclic) bond motifs is 1. The van der Waals surface area contributed by atoms with Crippen LogP contribution in [0.25, 0.3) is 11.7 Å². The zero-order valence-corrected chi connectivity index (χ0v) is 16.2. The molecule has 0 spiro atoms. The van der Waals surface area contributed by atoms with Crippen LogP contribution in [0.3, 0.4) is 0 Å². The van der Waals surface area contributed by atoms with Crippen LogP contribution in [0.15, 0.2) is 30.1 Å². The first-order valence-electron chi connectivity index (χ1n) is 10.2. The van der Waals surface area contributed by atoms with Crippen LogP contribution >= 0.6 is 0 Å². The van der Waals surface area contributed by atoms with Crippen molar-refractivity contribution in [1.29, 1.82) is 0 Å². The molecule has 1 amide bonds. The van der Waals surface area contributed by atoms with Crippen LogP contribution in [0.1, 0.15) is 44.6 Å². The number of anilines is 2. The Morgan fingerprint density at radius 2 is 2.21 bits per heavy atom. The summed E-state index contributed by atoms with van der Waals surface area (Å²) in [5.74, 6) is 3.20. The lowest BCUT2D eigenvalue weighted by molar-refractivity contribution is -0.115. The van der Waals surface area contributed by atoms with Crippen molar-refractivity contribution in [3.05, 3.63) is 35.7 Å². The van der Waals surface area contributed by atoms with E-state index in [1.54, 1.807) is 6.20 Å². The van der Waals surface area contributed by atoms with E-state index < -0.39 is 0 Å². The third-order valence-electron chi connectivity index (χ3n) is 5.79. The molecule has 0 radical (unpaired) electrons. The van der Waals surface area contributed by atoms with Crippen molar-refractivity contribution in [2.75, 3.05) is 17.2 Å². The van der Waals surface area contributed by atoms with Crippen LogP contribution in [0.4, 0.5) is 11.6 Å². The molecule has 1 atom stereocenters. The lowest BCUT2D eigenvalue weighted by Gasteiger charge is -2.16. The Kier molecular flexibility index (Phi) is 4.10. The maximum Gasteiger partial charge on any atom is 0.251 e. The van der Waals surface area contributed by atoms with Crippen LogP contribution in [0, 0.1) is 11.8 Å². The molecule has 3 N–H and O–H groups in total. The van der Waals surface area contributed by atoms with Crippen LogP contribution in [-0.4, -0.2) is 33.1 Å². The van der Waals surface area contributed by atoms with Crippen LogP contribution in [0.2, 0.25) is 0 Å². The second kappa shape index (κ2) is 6.65. The molecule has 2 aliphatic carbocycles. The van der Waals surface area contributed by atoms with Gasteiger partial charge in [0.05, 0.1) is 6.20 Å². The van der Waals surface area contributed by atoms with Gasteiger partial charge >= 0.3 is 0 Å². The summed E-state index contributed by atoms with van der Waals surface area (Å²) in [5.41, 5.74) is 3.02. The molecule has 1 aliphatic heterocycles. The summed E-state index contributed by atoms with van der Waals surface area (Å²) in [6, 6.07) is 2.45. The standard InChI is InChI=1S/C21H26N6O/c1-12-7-16(21(28)24-12)8-17-11-23-27-19(22-10-14-3-4-14)9-18(26-20(17)27)25-13(2)15-5-6-15/h8-9,11,13-15,22H,1,3-7,10H2,2H3,(H,24,28)(H,25,26)/b16-8+. The summed E-state index contributed by atoms with van der Waals surface area (Å²) < 4.78 is 1.84. The fourth-order valence-corrected chi connectivity index (χ4v) is 3.70. The molecule has 146 valence electrons. The molecule has 0 aromatic carbocycles. The number of allylic oxidation sites excluding steroid dienone is 1. The van der Waals surface area contributed by atoms with E-state index >= 15 is 0 Å². The number of hydrogen-bond donors (Lipinski definition) is 3. The molecule has 0 bridgehead atoms. The van der Waals surface area contributed by atoms with E-state index in [1.165, 1.54) is 25.7 Å². The second-order valence-corrected chi connectivity index (χ2v) is 8.36. The maximum absolute atomic E-state index is 12.1. The minimum Gasteiger partial charge on any atom is -0.370 e. The highest BCUT2D eigenvalue weighted by molar-refractivity contribution is 6.02. The van der Waals surface area contributed by atoms with Gasteiger partial charge in [0.25, 0.3) is 5.91 Å². The third-order valence-corrected chi connectivity index (χ3v) is 5.79. The third kappa shape index (κ3) is 3.48. The Morgan fingerprint density at radius 3 is 2.89 bits per heavy atom. The van der Waals surface area contributed by atoms with Crippen molar-refractivity contribution >= 4 is 29.3 Å². The van der Waals surface area contributed by atoms with Crippen molar-refractivity contribution in [3.8, 4) is 0 Å². The average molecular weight is 378 g/mol. The van der Waals surface area contributed by atoms with Gasteiger partial charge in [0.15, 0.2) is 5.65 Å². The normalized spacial score (nSPS) is 22.0. The average Bonchev–Trinajstić information content (AvgIpc) is 3.57. The molecular formula is C21H26N6O. The Bertz CT molecular complexity index is 982. The highest BCUT2D eigenvalue weighted by Crippen LogP contribution is 2.34. The lowest BCUT2D eigenvalue weighted by Crippen LogP contribution is -2.19. The van der Waals surface area contributed by atoms with Gasteiger partial charge in [-0.1, -0.05) is 6.58 Å². The van der Waals surface area contributed by atoms with E-state index in [-0.39, 0.29) is 5.91 Å². The minimum atomic E-state index is -0.0898. The zero-order chi connectivity index (χ0) is 19.3. The smallest absolute Gasteiger partial charge is 0.251 e. The highest BCUT2D eigenvalue weighted by atomic mass is 16.2. The van der Waals surface area contributed by atoms with Crippen molar-refractivity contribution in [2.24, 2.45) is 11.8 Å². The predicted molar refractivity (Wildman–Crippen MR) is 110 cm³/mol. The van der Waals surface area contributed by atoms with Crippen molar-refractivity contribution in [3.63, 3.8) is 0 Å². The van der Waals surface area contributed by atoms with Crippen LogP contribution < -0.4 is 16.0 Å². The van der Waals surface area contributed by atoms with Gasteiger partial charge in [-0.25, -0.2) is 4.98 Å². The van der Waals surface area contributed by atoms with E-state index in [9.17, 15) is 4.79 Å². The Labute approximate surface area is 164 Å². The maximum atomic E-state index is 12.1. The molecule has 2 aromatic heterocycles. The Hall–Kier alpha value is -2.83. The zero-order valence-electron chi connectivity index (χ0n) is 16.2. The summed E-state index contributed by atoms with van der Waals surface area (Å²) in [7, 11) is 0. The van der Waals surface area contributed by atoms with Crippen molar-refractivity contribution < 1.29 is 4.79 Å². The molecule has 7 nitrogen and oxygen atoms in total. The Morgan fingerprint density at radius 1 is 1.39 bits per heavy atom. The summed E-state index contributed by atoms with van der Waals surface area (Å²) in [5, 5.41) is 14.4. The molecule has 28 heavy (non-hydrogen) atoms. The number of rotatable bonds is 7. The fraction of sp³-hybridized carbons (Fsp3) is 0.476. The van der Waals surface area contributed by atoms with Gasteiger partial charge in [0.1, 0.15) is 11.6 Å². The van der Waals surface area contributed by atoms with Gasteiger partial charge in [0.2, 0.25) is 0 Å². The van der Waals surface area contributed by atoms with Gasteiger partial charge in [-0.2, -0.15) is 9.61 Å². The molecular weight excluding hydrogens is 352 g/mol. The minimum absolute atomic E-state index is 0.0898. The molecule has 2 aromatic rings. The largest absolute Gasteiger partial charge is 0.370 e. The van der Waals surface area contributed by atoms with E-state index in [2.05, 4.69) is 34.6 Å². The highest BCUT2D eigenvalue weighted by Gasteiger charge is 2.28. The topological polar surface area (TPSA) is 83.3 Å². The van der Waals surface area contributed by atoms with Gasteiger partial charge in [-0.05, 0) is 50.5 Å². The SMILES string of the molecule is C=C1C/C(=C\c2cnn3c(NCC4CC4)cc(NC(C)C4CC4)nc23)C(=O)N1. The molecule has 1 saturated heterocycles. The fourth-order valence-electron chi connectivity index (χ4n) is 3.70. The molecule has 1 unspecified atom stereocenters. The van der Waals surface area contributed by atoms with Crippen molar-refractivity contribution in [1.82, 2.24) is 19.9 Å². The number of nitrogens with zero attached hydrogens (tertiary/aromatic N) is 3. The first-order valence-corrected chi connectivity index (χ1v) is 10.2. The Balaban J connectivity index is 1.51. The number of hydrogen-bond acceptors (Lipinski definition) is 5. The number of carbonyl (C=O) groups is 1. The summed E-state index contributed by atoms with van der Waals surface area (Å²) >= 11 is 0. The molecule has 3 aliphatic rings. The van der Waals surface area contributed by atoms with Crippen molar-refractivity contribution in [2.45, 2.75) is 45.1 Å².